The molecule has 4 heteroatoms. The van der Waals surface area contributed by atoms with Crippen LogP contribution < -0.4 is 0 Å². The van der Waals surface area contributed by atoms with Crippen molar-refractivity contribution < 1.29 is 9.53 Å². The largest absolute Gasteiger partial charge is 0.384 e. The highest BCUT2D eigenvalue weighted by molar-refractivity contribution is 6.27. The highest BCUT2D eigenvalue weighted by atomic mass is 35.5. The number of nitrogens with zero attached hydrogens (tertiary/aromatic N) is 1. The van der Waals surface area contributed by atoms with E-state index in [0.717, 1.165) is 32.5 Å². The van der Waals surface area contributed by atoms with Crippen molar-refractivity contribution in [1.82, 2.24) is 4.90 Å². The Hall–Kier alpha value is -0.280. The van der Waals surface area contributed by atoms with E-state index in [4.69, 9.17) is 16.3 Å². The fourth-order valence-electron chi connectivity index (χ4n) is 1.75. The predicted molar refractivity (Wildman–Crippen MR) is 51.9 cm³/mol. The molecule has 0 unspecified atom stereocenters. The summed E-state index contributed by atoms with van der Waals surface area (Å²) in [6, 6.07) is 0. The molecule has 0 radical (unpaired) electrons. The van der Waals surface area contributed by atoms with Crippen LogP contribution in [0.15, 0.2) is 0 Å². The second-order valence-corrected chi connectivity index (χ2v) is 3.70. The van der Waals surface area contributed by atoms with Gasteiger partial charge in [-0.1, -0.05) is 0 Å². The molecule has 1 aliphatic heterocycles. The Balaban J connectivity index is 2.37. The minimum Gasteiger partial charge on any atom is -0.384 e. The van der Waals surface area contributed by atoms with Gasteiger partial charge in [0, 0.05) is 20.2 Å². The van der Waals surface area contributed by atoms with E-state index >= 15 is 0 Å². The number of alkyl halides is 1. The Morgan fingerprint density at radius 3 is 3.08 bits per heavy atom. The standard InChI is InChI=1S/C9H16ClNO2/c1-13-7-8-3-2-4-11(6-8)9(12)5-10/h8H,2-7H2,1H3/t8-/m1/s1. The Labute approximate surface area is 84.0 Å². The van der Waals surface area contributed by atoms with Crippen LogP contribution in [0.25, 0.3) is 0 Å². The zero-order valence-electron chi connectivity index (χ0n) is 7.96. The first-order chi connectivity index (χ1) is 6.27. The van der Waals surface area contributed by atoms with Gasteiger partial charge < -0.3 is 9.64 Å². The lowest BCUT2D eigenvalue weighted by Crippen LogP contribution is -2.41. The van der Waals surface area contributed by atoms with Crippen LogP contribution >= 0.6 is 11.6 Å². The van der Waals surface area contributed by atoms with E-state index in [1.165, 1.54) is 0 Å². The molecule has 0 aromatic heterocycles. The van der Waals surface area contributed by atoms with Gasteiger partial charge in [0.2, 0.25) is 5.91 Å². The van der Waals surface area contributed by atoms with Crippen LogP contribution in [-0.2, 0) is 9.53 Å². The molecule has 1 fully saturated rings. The van der Waals surface area contributed by atoms with E-state index in [1.807, 2.05) is 4.90 Å². The van der Waals surface area contributed by atoms with E-state index in [1.54, 1.807) is 7.11 Å². The first-order valence-electron chi connectivity index (χ1n) is 4.60. The number of hydrogen-bond acceptors (Lipinski definition) is 2. The number of halogens is 1. The SMILES string of the molecule is COC[C@@H]1CCCN(C(=O)CCl)C1. The number of likely N-dealkylation sites (tertiary alicyclic amines) is 1. The number of methoxy groups -OCH3 is 1. The summed E-state index contributed by atoms with van der Waals surface area (Å²) in [5.74, 6) is 0.632. The molecule has 0 saturated carbocycles. The molecule has 0 aromatic rings. The molecule has 1 aliphatic rings. The normalized spacial score (nSPS) is 23.2. The summed E-state index contributed by atoms with van der Waals surface area (Å²) >= 11 is 5.49. The van der Waals surface area contributed by atoms with Crippen molar-refractivity contribution in [3.05, 3.63) is 0 Å². The number of carbonyl (C=O) groups is 1. The smallest absolute Gasteiger partial charge is 0.237 e. The van der Waals surface area contributed by atoms with Gasteiger partial charge in [-0.3, -0.25) is 4.79 Å². The molecule has 76 valence electrons. The van der Waals surface area contributed by atoms with Crippen molar-refractivity contribution >= 4 is 17.5 Å². The number of ether oxygens (including phenoxy) is 1. The summed E-state index contributed by atoms with van der Waals surface area (Å²) in [4.78, 5) is 13.1. The molecule has 1 heterocycles. The second-order valence-electron chi connectivity index (χ2n) is 3.44. The molecule has 3 nitrogen and oxygen atoms in total. The molecule has 0 spiro atoms. The van der Waals surface area contributed by atoms with Crippen LogP contribution in [0, 0.1) is 5.92 Å². The summed E-state index contributed by atoms with van der Waals surface area (Å²) < 4.78 is 5.07. The first kappa shape index (κ1) is 10.8. The molecule has 0 bridgehead atoms. The molecular weight excluding hydrogens is 190 g/mol. The number of rotatable bonds is 3. The highest BCUT2D eigenvalue weighted by Gasteiger charge is 2.22. The Kier molecular flexibility index (Phi) is 4.53. The molecule has 0 aromatic carbocycles. The fraction of sp³-hybridized carbons (Fsp3) is 0.889. The van der Waals surface area contributed by atoms with Crippen LogP contribution in [0.5, 0.6) is 0 Å². The first-order valence-corrected chi connectivity index (χ1v) is 5.14. The minimum absolute atomic E-state index is 0.0440. The summed E-state index contributed by atoms with van der Waals surface area (Å²) in [6.45, 7) is 2.40. The molecule has 1 rings (SSSR count). The lowest BCUT2D eigenvalue weighted by Gasteiger charge is -2.31. The maximum Gasteiger partial charge on any atom is 0.237 e. The maximum absolute atomic E-state index is 11.3. The third-order valence-corrected chi connectivity index (χ3v) is 2.62. The van der Waals surface area contributed by atoms with Gasteiger partial charge >= 0.3 is 0 Å². The van der Waals surface area contributed by atoms with Gasteiger partial charge in [0.15, 0.2) is 0 Å². The molecule has 1 amide bonds. The predicted octanol–water partition coefficient (Wildman–Crippen LogP) is 1.11. The van der Waals surface area contributed by atoms with Crippen LogP contribution in [-0.4, -0.2) is 43.5 Å². The van der Waals surface area contributed by atoms with Crippen molar-refractivity contribution in [2.75, 3.05) is 32.7 Å². The number of piperidine rings is 1. The van der Waals surface area contributed by atoms with Gasteiger partial charge in [-0.05, 0) is 18.8 Å². The van der Waals surface area contributed by atoms with Gasteiger partial charge in [-0.25, -0.2) is 0 Å². The lowest BCUT2D eigenvalue weighted by molar-refractivity contribution is -0.130. The van der Waals surface area contributed by atoms with Gasteiger partial charge in [0.1, 0.15) is 5.88 Å². The summed E-state index contributed by atoms with van der Waals surface area (Å²) in [5, 5.41) is 0. The highest BCUT2D eigenvalue weighted by Crippen LogP contribution is 2.16. The average molecular weight is 206 g/mol. The van der Waals surface area contributed by atoms with Gasteiger partial charge in [0.05, 0.1) is 6.61 Å². The zero-order valence-corrected chi connectivity index (χ0v) is 8.72. The van der Waals surface area contributed by atoms with E-state index in [0.29, 0.717) is 5.92 Å². The Morgan fingerprint density at radius 2 is 2.46 bits per heavy atom. The topological polar surface area (TPSA) is 29.5 Å². The van der Waals surface area contributed by atoms with Crippen molar-refractivity contribution in [2.45, 2.75) is 12.8 Å². The summed E-state index contributed by atoms with van der Waals surface area (Å²) in [5.41, 5.74) is 0. The zero-order chi connectivity index (χ0) is 9.68. The average Bonchev–Trinajstić information content (AvgIpc) is 2.18. The fourth-order valence-corrected chi connectivity index (χ4v) is 1.92. The van der Waals surface area contributed by atoms with E-state index in [2.05, 4.69) is 0 Å². The summed E-state index contributed by atoms with van der Waals surface area (Å²) in [7, 11) is 1.70. The monoisotopic (exact) mass is 205 g/mol. The number of hydrogen-bond donors (Lipinski definition) is 0. The Bertz CT molecular complexity index is 173. The molecule has 1 saturated heterocycles. The molecular formula is C9H16ClNO2. The molecule has 0 aliphatic carbocycles. The molecule has 1 atom stereocenters. The quantitative estimate of drug-likeness (QED) is 0.646. The van der Waals surface area contributed by atoms with Gasteiger partial charge in [0.25, 0.3) is 0 Å². The van der Waals surface area contributed by atoms with E-state index in [-0.39, 0.29) is 11.8 Å². The molecule has 13 heavy (non-hydrogen) atoms. The van der Waals surface area contributed by atoms with Crippen molar-refractivity contribution in [2.24, 2.45) is 5.92 Å². The van der Waals surface area contributed by atoms with Gasteiger partial charge in [-0.15, -0.1) is 11.6 Å². The summed E-state index contributed by atoms with van der Waals surface area (Å²) in [6.07, 6.45) is 2.22. The minimum atomic E-state index is 0.0440. The number of amides is 1. The third-order valence-electron chi connectivity index (χ3n) is 2.39. The van der Waals surface area contributed by atoms with E-state index in [9.17, 15) is 4.79 Å². The van der Waals surface area contributed by atoms with Crippen LogP contribution in [0.4, 0.5) is 0 Å². The Morgan fingerprint density at radius 1 is 1.69 bits per heavy atom. The molecule has 0 N–H and O–H groups in total. The second kappa shape index (κ2) is 5.45. The van der Waals surface area contributed by atoms with Crippen LogP contribution in [0.3, 0.4) is 0 Å². The maximum atomic E-state index is 11.3. The van der Waals surface area contributed by atoms with E-state index < -0.39 is 0 Å². The lowest BCUT2D eigenvalue weighted by atomic mass is 9.99. The number of carbonyl (C=O) groups excluding carboxylic acids is 1. The van der Waals surface area contributed by atoms with Crippen LogP contribution in [0.1, 0.15) is 12.8 Å². The third kappa shape index (κ3) is 3.16. The van der Waals surface area contributed by atoms with Crippen molar-refractivity contribution in [3.63, 3.8) is 0 Å². The van der Waals surface area contributed by atoms with Crippen LogP contribution in [0.2, 0.25) is 0 Å². The van der Waals surface area contributed by atoms with Crippen molar-refractivity contribution in [3.8, 4) is 0 Å². The van der Waals surface area contributed by atoms with Gasteiger partial charge in [-0.2, -0.15) is 0 Å². The van der Waals surface area contributed by atoms with Crippen molar-refractivity contribution in [1.29, 1.82) is 0 Å².